The van der Waals surface area contributed by atoms with E-state index in [0.29, 0.717) is 5.56 Å². The van der Waals surface area contributed by atoms with Crippen molar-refractivity contribution in [2.24, 2.45) is 0 Å². The summed E-state index contributed by atoms with van der Waals surface area (Å²) in [5.74, 6) is -5.10. The van der Waals surface area contributed by atoms with Crippen LogP contribution in [0.1, 0.15) is 11.1 Å². The molecule has 2 atom stereocenters. The molecule has 0 amide bonds. The molecule has 2 aromatic rings. The third kappa shape index (κ3) is 5.73. The Labute approximate surface area is 176 Å². The molecule has 31 heavy (non-hydrogen) atoms. The van der Waals surface area contributed by atoms with E-state index in [1.165, 1.54) is 55.7 Å². The molecule has 0 radical (unpaired) electrons. The van der Waals surface area contributed by atoms with E-state index < -0.39 is 36.0 Å². The zero-order valence-corrected chi connectivity index (χ0v) is 16.3. The number of hydrogen-bond acceptors (Lipinski definition) is 8. The van der Waals surface area contributed by atoms with Crippen LogP contribution in [0.25, 0.3) is 6.08 Å². The molecule has 0 aliphatic rings. The van der Waals surface area contributed by atoms with Crippen molar-refractivity contribution >= 4 is 24.0 Å². The van der Waals surface area contributed by atoms with Gasteiger partial charge < -0.3 is 35.0 Å². The number of esters is 1. The van der Waals surface area contributed by atoms with Crippen LogP contribution in [0.5, 0.6) is 17.2 Å². The molecule has 0 fully saturated rings. The van der Waals surface area contributed by atoms with Crippen molar-refractivity contribution in [2.75, 3.05) is 7.11 Å². The van der Waals surface area contributed by atoms with Gasteiger partial charge in [-0.05, 0) is 41.5 Å². The van der Waals surface area contributed by atoms with Gasteiger partial charge in [0.2, 0.25) is 11.7 Å². The third-order valence-electron chi connectivity index (χ3n) is 4.29. The Morgan fingerprint density at radius 1 is 1.06 bits per heavy atom. The summed E-state index contributed by atoms with van der Waals surface area (Å²) in [6.45, 7) is 0. The molecular formula is C21H20O10. The summed E-state index contributed by atoms with van der Waals surface area (Å²) in [6.07, 6.45) is -1.07. The van der Waals surface area contributed by atoms with Gasteiger partial charge in [0, 0.05) is 12.5 Å². The zero-order chi connectivity index (χ0) is 23.2. The number of rotatable bonds is 9. The van der Waals surface area contributed by atoms with Crippen molar-refractivity contribution < 1.29 is 49.4 Å². The average molecular weight is 432 g/mol. The van der Waals surface area contributed by atoms with Crippen molar-refractivity contribution in [3.63, 3.8) is 0 Å². The molecule has 0 bridgehead atoms. The number of ether oxygens (including phenoxy) is 2. The molecular weight excluding hydrogens is 412 g/mol. The fourth-order valence-electron chi connectivity index (χ4n) is 2.68. The fraction of sp³-hybridized carbons (Fsp3) is 0.190. The van der Waals surface area contributed by atoms with Crippen LogP contribution >= 0.6 is 0 Å². The number of carbonyl (C=O) groups is 3. The van der Waals surface area contributed by atoms with Crippen molar-refractivity contribution in [3.8, 4) is 17.2 Å². The first-order chi connectivity index (χ1) is 14.6. The quantitative estimate of drug-likeness (QED) is 0.286. The number of benzene rings is 2. The Morgan fingerprint density at radius 3 is 2.26 bits per heavy atom. The number of aliphatic hydroxyl groups is 1. The maximum atomic E-state index is 12.1. The molecule has 0 aliphatic carbocycles. The number of aliphatic carboxylic acids is 2. The zero-order valence-electron chi connectivity index (χ0n) is 16.3. The smallest absolute Gasteiger partial charge is 0.348 e. The summed E-state index contributed by atoms with van der Waals surface area (Å²) in [4.78, 5) is 35.4. The number of carbonyl (C=O) groups excluding carboxylic acids is 1. The number of methoxy groups -OCH3 is 1. The van der Waals surface area contributed by atoms with Gasteiger partial charge in [0.25, 0.3) is 0 Å². The lowest BCUT2D eigenvalue weighted by Gasteiger charge is -2.29. The number of carboxylic acids is 2. The van der Waals surface area contributed by atoms with Gasteiger partial charge in [-0.25, -0.2) is 14.4 Å². The topological polar surface area (TPSA) is 171 Å². The van der Waals surface area contributed by atoms with Gasteiger partial charge in [0.05, 0.1) is 7.11 Å². The summed E-state index contributed by atoms with van der Waals surface area (Å²) in [5, 5.41) is 48.3. The first-order valence-corrected chi connectivity index (χ1v) is 8.79. The summed E-state index contributed by atoms with van der Waals surface area (Å²) in [5.41, 5.74) is -2.39. The molecule has 10 heteroatoms. The van der Waals surface area contributed by atoms with Gasteiger partial charge in [-0.15, -0.1) is 0 Å². The predicted octanol–water partition coefficient (Wildman–Crippen LogP) is 1.17. The number of phenols is 2. The first kappa shape index (κ1) is 23.2. The highest BCUT2D eigenvalue weighted by atomic mass is 16.6. The molecule has 0 saturated carbocycles. The molecule has 10 nitrogen and oxygen atoms in total. The lowest BCUT2D eigenvalue weighted by Crippen LogP contribution is -2.56. The molecule has 2 rings (SSSR count). The summed E-state index contributed by atoms with van der Waals surface area (Å²) < 4.78 is 9.68. The molecule has 0 aromatic heterocycles. The Hall–Kier alpha value is -4.05. The maximum absolute atomic E-state index is 12.1. The molecule has 0 spiro atoms. The molecule has 0 aliphatic heterocycles. The SMILES string of the molecule is COc1cc(C=CC(=O)OC(C(=O)O)C(O)(Cc2ccc(O)cc2)C(=O)O)ccc1O. The van der Waals surface area contributed by atoms with Crippen molar-refractivity contribution in [3.05, 3.63) is 59.7 Å². The monoisotopic (exact) mass is 432 g/mol. The van der Waals surface area contributed by atoms with Crippen LogP contribution in [0.2, 0.25) is 0 Å². The Kier molecular flexibility index (Phi) is 7.22. The van der Waals surface area contributed by atoms with E-state index in [0.717, 1.165) is 6.08 Å². The average Bonchev–Trinajstić information content (AvgIpc) is 2.72. The molecule has 0 saturated heterocycles. The molecule has 2 aromatic carbocycles. The summed E-state index contributed by atoms with van der Waals surface area (Å²) >= 11 is 0. The second kappa shape index (κ2) is 9.63. The van der Waals surface area contributed by atoms with Gasteiger partial charge in [-0.3, -0.25) is 0 Å². The molecule has 164 valence electrons. The van der Waals surface area contributed by atoms with Crippen LogP contribution in [0, 0.1) is 0 Å². The van der Waals surface area contributed by atoms with E-state index in [1.807, 2.05) is 0 Å². The molecule has 5 N–H and O–H groups in total. The minimum absolute atomic E-state index is 0.111. The number of phenolic OH excluding ortho intramolecular Hbond substituents is 2. The van der Waals surface area contributed by atoms with Crippen molar-refractivity contribution in [1.29, 1.82) is 0 Å². The van der Waals surface area contributed by atoms with Crippen LogP contribution in [0.15, 0.2) is 48.5 Å². The Bertz CT molecular complexity index is 996. The van der Waals surface area contributed by atoms with Gasteiger partial charge in [0.1, 0.15) is 5.75 Å². The van der Waals surface area contributed by atoms with Crippen LogP contribution in [0.4, 0.5) is 0 Å². The maximum Gasteiger partial charge on any atom is 0.348 e. The highest BCUT2D eigenvalue weighted by Gasteiger charge is 2.51. The highest BCUT2D eigenvalue weighted by molar-refractivity contribution is 5.93. The fourth-order valence-corrected chi connectivity index (χ4v) is 2.68. The first-order valence-electron chi connectivity index (χ1n) is 8.79. The van der Waals surface area contributed by atoms with Crippen molar-refractivity contribution in [1.82, 2.24) is 0 Å². The molecule has 2 unspecified atom stereocenters. The lowest BCUT2D eigenvalue weighted by atomic mass is 9.88. The lowest BCUT2D eigenvalue weighted by molar-refractivity contribution is -0.192. The van der Waals surface area contributed by atoms with Crippen LogP contribution in [-0.4, -0.2) is 62.3 Å². The van der Waals surface area contributed by atoms with Gasteiger partial charge in [-0.2, -0.15) is 0 Å². The Morgan fingerprint density at radius 2 is 1.71 bits per heavy atom. The van der Waals surface area contributed by atoms with Gasteiger partial charge >= 0.3 is 17.9 Å². The standard InChI is InChI=1S/C21H20O10/c1-30-16-10-12(4-8-15(16)23)5-9-17(24)31-18(19(25)26)21(29,20(27)28)11-13-2-6-14(22)7-3-13/h2-10,18,22-23,29H,11H2,1H3,(H,25,26)(H,27,28). The van der Waals surface area contributed by atoms with E-state index in [1.54, 1.807) is 0 Å². The van der Waals surface area contributed by atoms with E-state index in [4.69, 9.17) is 9.47 Å². The van der Waals surface area contributed by atoms with Crippen LogP contribution in [0.3, 0.4) is 0 Å². The Balaban J connectivity index is 2.24. The highest BCUT2D eigenvalue weighted by Crippen LogP contribution is 2.27. The van der Waals surface area contributed by atoms with Crippen LogP contribution in [-0.2, 0) is 25.5 Å². The van der Waals surface area contributed by atoms with E-state index in [2.05, 4.69) is 0 Å². The predicted molar refractivity (Wildman–Crippen MR) is 106 cm³/mol. The minimum atomic E-state index is -2.98. The largest absolute Gasteiger partial charge is 0.508 e. The minimum Gasteiger partial charge on any atom is -0.508 e. The molecule has 0 heterocycles. The number of aromatic hydroxyl groups is 2. The van der Waals surface area contributed by atoms with E-state index >= 15 is 0 Å². The van der Waals surface area contributed by atoms with Crippen LogP contribution < -0.4 is 4.74 Å². The summed E-state index contributed by atoms with van der Waals surface area (Å²) in [7, 11) is 1.33. The third-order valence-corrected chi connectivity index (χ3v) is 4.29. The van der Waals surface area contributed by atoms with Gasteiger partial charge in [0.15, 0.2) is 11.5 Å². The van der Waals surface area contributed by atoms with Gasteiger partial charge in [-0.1, -0.05) is 18.2 Å². The second-order valence-corrected chi connectivity index (χ2v) is 6.49. The van der Waals surface area contributed by atoms with E-state index in [-0.39, 0.29) is 22.8 Å². The normalized spacial score (nSPS) is 13.9. The number of hydrogen-bond donors (Lipinski definition) is 5. The summed E-state index contributed by atoms with van der Waals surface area (Å²) in [6, 6.07) is 9.19. The van der Waals surface area contributed by atoms with E-state index in [9.17, 15) is 39.9 Å². The number of carboxylic acid groups (broad SMARTS) is 2. The van der Waals surface area contributed by atoms with Crippen molar-refractivity contribution in [2.45, 2.75) is 18.1 Å². The second-order valence-electron chi connectivity index (χ2n) is 6.49.